The molecular formula is C24H20F5NO3S. The zero-order valence-corrected chi connectivity index (χ0v) is 18.6. The van der Waals surface area contributed by atoms with Gasteiger partial charge in [-0.15, -0.1) is 13.2 Å². The van der Waals surface area contributed by atoms with Gasteiger partial charge in [-0.3, -0.25) is 9.36 Å². The number of halogens is 5. The SMILES string of the molecule is O=c1c(-c2cc(F)cc(F)c2)cn(C(F)(F)F)cc1-c1cccc(S(=O)(=O)C2CCCCC2)c1. The van der Waals surface area contributed by atoms with E-state index in [-0.39, 0.29) is 20.6 Å². The van der Waals surface area contributed by atoms with Crippen LogP contribution in [0, 0.1) is 11.6 Å². The molecule has 0 saturated heterocycles. The van der Waals surface area contributed by atoms with Crippen molar-refractivity contribution in [2.24, 2.45) is 0 Å². The number of nitrogens with zero attached hydrogens (tertiary/aromatic N) is 1. The Morgan fingerprint density at radius 2 is 1.41 bits per heavy atom. The lowest BCUT2D eigenvalue weighted by molar-refractivity contribution is -0.204. The van der Waals surface area contributed by atoms with Crippen molar-refractivity contribution in [3.63, 3.8) is 0 Å². The highest BCUT2D eigenvalue weighted by Gasteiger charge is 2.32. The van der Waals surface area contributed by atoms with Crippen LogP contribution in [0.5, 0.6) is 0 Å². The summed E-state index contributed by atoms with van der Waals surface area (Å²) in [5.74, 6) is -2.11. The summed E-state index contributed by atoms with van der Waals surface area (Å²) in [5.41, 5.74) is -2.35. The van der Waals surface area contributed by atoms with E-state index in [9.17, 15) is 35.2 Å². The highest BCUT2D eigenvalue weighted by molar-refractivity contribution is 7.92. The second-order valence-electron chi connectivity index (χ2n) is 8.28. The second-order valence-corrected chi connectivity index (χ2v) is 10.5. The third-order valence-corrected chi connectivity index (χ3v) is 8.22. The van der Waals surface area contributed by atoms with Crippen molar-refractivity contribution in [3.8, 4) is 22.3 Å². The van der Waals surface area contributed by atoms with Crippen molar-refractivity contribution >= 4 is 9.84 Å². The maximum atomic E-state index is 13.7. The molecule has 1 saturated carbocycles. The number of rotatable bonds is 4. The van der Waals surface area contributed by atoms with Gasteiger partial charge in [-0.25, -0.2) is 17.2 Å². The Balaban J connectivity index is 1.90. The molecule has 0 N–H and O–H groups in total. The molecule has 10 heteroatoms. The number of alkyl halides is 3. The van der Waals surface area contributed by atoms with Crippen LogP contribution < -0.4 is 5.43 Å². The van der Waals surface area contributed by atoms with Crippen molar-refractivity contribution in [2.45, 2.75) is 48.5 Å². The van der Waals surface area contributed by atoms with Gasteiger partial charge in [0.15, 0.2) is 15.3 Å². The first kappa shape index (κ1) is 24.1. The molecule has 0 unspecified atom stereocenters. The Kier molecular flexibility index (Phi) is 6.37. The Hall–Kier alpha value is -3.01. The van der Waals surface area contributed by atoms with Gasteiger partial charge in [-0.05, 0) is 48.2 Å². The predicted molar refractivity (Wildman–Crippen MR) is 117 cm³/mol. The molecule has 1 heterocycles. The van der Waals surface area contributed by atoms with E-state index in [1.807, 2.05) is 0 Å². The molecule has 0 spiro atoms. The highest BCUT2D eigenvalue weighted by Crippen LogP contribution is 2.32. The maximum Gasteiger partial charge on any atom is 0.488 e. The van der Waals surface area contributed by atoms with Gasteiger partial charge < -0.3 is 0 Å². The van der Waals surface area contributed by atoms with E-state index in [1.54, 1.807) is 0 Å². The molecule has 180 valence electrons. The first-order valence-corrected chi connectivity index (χ1v) is 12.2. The number of hydrogen-bond donors (Lipinski definition) is 0. The van der Waals surface area contributed by atoms with E-state index in [0.29, 0.717) is 31.3 Å². The fourth-order valence-corrected chi connectivity index (χ4v) is 6.15. The van der Waals surface area contributed by atoms with Crippen LogP contribution in [0.25, 0.3) is 22.3 Å². The van der Waals surface area contributed by atoms with Crippen molar-refractivity contribution in [2.75, 3.05) is 0 Å². The minimum absolute atomic E-state index is 0.0430. The lowest BCUT2D eigenvalue weighted by Crippen LogP contribution is -2.24. The molecule has 3 aromatic rings. The Labute approximate surface area is 192 Å². The summed E-state index contributed by atoms with van der Waals surface area (Å²) in [4.78, 5) is 13.1. The average Bonchev–Trinajstić information content (AvgIpc) is 2.78. The summed E-state index contributed by atoms with van der Waals surface area (Å²) < 4.78 is 94.3. The molecule has 0 aliphatic heterocycles. The van der Waals surface area contributed by atoms with Crippen LogP contribution in [0.3, 0.4) is 0 Å². The van der Waals surface area contributed by atoms with Gasteiger partial charge in [0.25, 0.3) is 0 Å². The Bertz CT molecular complexity index is 1370. The van der Waals surface area contributed by atoms with Gasteiger partial charge in [-0.2, -0.15) is 0 Å². The average molecular weight is 497 g/mol. The second kappa shape index (κ2) is 8.98. The summed E-state index contributed by atoms with van der Waals surface area (Å²) >= 11 is 0. The van der Waals surface area contributed by atoms with Gasteiger partial charge in [0, 0.05) is 29.6 Å². The van der Waals surface area contributed by atoms with Crippen LogP contribution in [0.2, 0.25) is 0 Å². The van der Waals surface area contributed by atoms with Crippen molar-refractivity contribution < 1.29 is 30.4 Å². The van der Waals surface area contributed by atoms with E-state index in [4.69, 9.17) is 0 Å². The van der Waals surface area contributed by atoms with Crippen LogP contribution in [-0.4, -0.2) is 18.2 Å². The Morgan fingerprint density at radius 1 is 0.824 bits per heavy atom. The van der Waals surface area contributed by atoms with Crippen molar-refractivity contribution in [1.82, 2.24) is 4.57 Å². The summed E-state index contributed by atoms with van der Waals surface area (Å²) in [7, 11) is -3.75. The van der Waals surface area contributed by atoms with E-state index < -0.39 is 49.6 Å². The fraction of sp³-hybridized carbons (Fsp3) is 0.292. The third kappa shape index (κ3) is 4.77. The summed E-state index contributed by atoms with van der Waals surface area (Å²) in [5, 5.41) is -0.593. The Morgan fingerprint density at radius 3 is 2.00 bits per heavy atom. The van der Waals surface area contributed by atoms with Crippen molar-refractivity contribution in [1.29, 1.82) is 0 Å². The topological polar surface area (TPSA) is 56.1 Å². The van der Waals surface area contributed by atoms with Gasteiger partial charge in [0.1, 0.15) is 11.6 Å². The van der Waals surface area contributed by atoms with Crippen LogP contribution in [0.15, 0.2) is 64.5 Å². The normalized spacial score (nSPS) is 15.4. The maximum absolute atomic E-state index is 13.7. The molecule has 34 heavy (non-hydrogen) atoms. The number of pyridine rings is 1. The number of benzene rings is 2. The molecule has 1 aliphatic rings. The standard InChI is InChI=1S/C24H20F5NO3S/c25-17-9-16(10-18(26)12-17)22-14-30(24(27,28)29)13-21(23(22)31)15-5-4-8-20(11-15)34(32,33)19-6-2-1-3-7-19/h4-5,8-14,19H,1-3,6-7H2. The highest BCUT2D eigenvalue weighted by atomic mass is 32.2. The van der Waals surface area contributed by atoms with Gasteiger partial charge in [0.05, 0.1) is 10.1 Å². The molecule has 0 bridgehead atoms. The molecule has 1 aliphatic carbocycles. The van der Waals surface area contributed by atoms with E-state index in [0.717, 1.165) is 31.4 Å². The minimum Gasteiger partial charge on any atom is -0.288 e. The number of sulfone groups is 1. The minimum atomic E-state index is -4.94. The molecule has 4 nitrogen and oxygen atoms in total. The first-order valence-electron chi connectivity index (χ1n) is 10.6. The van der Waals surface area contributed by atoms with E-state index in [2.05, 4.69) is 0 Å². The predicted octanol–water partition coefficient (Wildman–Crippen LogP) is 6.04. The first-order chi connectivity index (χ1) is 16.0. The molecule has 1 fully saturated rings. The van der Waals surface area contributed by atoms with Crippen molar-refractivity contribution in [3.05, 3.63) is 76.7 Å². The van der Waals surface area contributed by atoms with Gasteiger partial charge in [0.2, 0.25) is 0 Å². The largest absolute Gasteiger partial charge is 0.488 e. The lowest BCUT2D eigenvalue weighted by Gasteiger charge is -2.22. The summed E-state index contributed by atoms with van der Waals surface area (Å²) in [6, 6.07) is 7.26. The van der Waals surface area contributed by atoms with Crippen LogP contribution in [0.1, 0.15) is 32.1 Å². The molecular weight excluding hydrogens is 477 g/mol. The monoisotopic (exact) mass is 497 g/mol. The lowest BCUT2D eigenvalue weighted by atomic mass is 10.0. The quantitative estimate of drug-likeness (QED) is 0.413. The molecule has 0 amide bonds. The summed E-state index contributed by atoms with van der Waals surface area (Å²) in [6.07, 6.45) is -0.456. The smallest absolute Gasteiger partial charge is 0.288 e. The van der Waals surface area contributed by atoms with Crippen LogP contribution in [-0.2, 0) is 16.1 Å². The molecule has 0 radical (unpaired) electrons. The molecule has 4 rings (SSSR count). The zero-order chi connectivity index (χ0) is 24.7. The van der Waals surface area contributed by atoms with E-state index in [1.165, 1.54) is 24.3 Å². The third-order valence-electron chi connectivity index (χ3n) is 5.96. The van der Waals surface area contributed by atoms with Gasteiger partial charge in [-0.1, -0.05) is 31.4 Å². The number of hydrogen-bond acceptors (Lipinski definition) is 3. The molecule has 2 aromatic carbocycles. The summed E-state index contributed by atoms with van der Waals surface area (Å²) in [6.45, 7) is 0. The van der Waals surface area contributed by atoms with Gasteiger partial charge >= 0.3 is 6.30 Å². The zero-order valence-electron chi connectivity index (χ0n) is 17.8. The molecule has 1 aromatic heterocycles. The van der Waals surface area contributed by atoms with Crippen LogP contribution in [0.4, 0.5) is 22.0 Å². The van der Waals surface area contributed by atoms with E-state index >= 15 is 0 Å². The van der Waals surface area contributed by atoms with Crippen LogP contribution >= 0.6 is 0 Å². The fourth-order valence-electron chi connectivity index (χ4n) is 4.25. The molecule has 0 atom stereocenters. The number of aromatic nitrogens is 1.